The zero-order chi connectivity index (χ0) is 23.5. The van der Waals surface area contributed by atoms with E-state index in [1.165, 1.54) is 0 Å². The molecule has 0 fully saturated rings. The second-order valence-corrected chi connectivity index (χ2v) is 6.50. The van der Waals surface area contributed by atoms with E-state index in [0.29, 0.717) is 5.69 Å². The summed E-state index contributed by atoms with van der Waals surface area (Å²) in [5.41, 5.74) is 1.69. The summed E-state index contributed by atoms with van der Waals surface area (Å²) in [6, 6.07) is 30.3. The molecule has 0 amide bonds. The lowest BCUT2D eigenvalue weighted by Crippen LogP contribution is -1.88. The second-order valence-electron chi connectivity index (χ2n) is 6.50. The van der Waals surface area contributed by atoms with Gasteiger partial charge in [-0.15, -0.1) is 0 Å². The SMILES string of the molecule is O=[N+]([O-])c1c(O)cc(N=Nc2ccccc2)cc1O.c1ccc(N=Nc2ccccc2)cc1. The lowest BCUT2D eigenvalue weighted by atomic mass is 10.2. The predicted octanol–water partition coefficient (Wildman–Crippen LogP) is 7.52. The zero-order valence-corrected chi connectivity index (χ0v) is 17.3. The van der Waals surface area contributed by atoms with Gasteiger partial charge in [-0.2, -0.15) is 20.5 Å². The fourth-order valence-corrected chi connectivity index (χ4v) is 2.55. The van der Waals surface area contributed by atoms with Crippen LogP contribution in [0.3, 0.4) is 0 Å². The molecule has 0 atom stereocenters. The molecule has 0 aliphatic carbocycles. The molecule has 2 N–H and O–H groups in total. The summed E-state index contributed by atoms with van der Waals surface area (Å²) in [6.07, 6.45) is 0. The monoisotopic (exact) mass is 441 g/mol. The quantitative estimate of drug-likeness (QED) is 0.188. The van der Waals surface area contributed by atoms with Gasteiger partial charge >= 0.3 is 5.69 Å². The second kappa shape index (κ2) is 11.5. The average Bonchev–Trinajstić information content (AvgIpc) is 2.83. The molecule has 164 valence electrons. The molecular weight excluding hydrogens is 422 g/mol. The third kappa shape index (κ3) is 7.07. The van der Waals surface area contributed by atoms with E-state index in [0.717, 1.165) is 23.5 Å². The number of nitro benzene ring substituents is 1. The van der Waals surface area contributed by atoms with Crippen molar-refractivity contribution in [2.45, 2.75) is 0 Å². The van der Waals surface area contributed by atoms with Crippen LogP contribution in [-0.4, -0.2) is 15.1 Å². The molecule has 0 radical (unpaired) electrons. The summed E-state index contributed by atoms with van der Waals surface area (Å²) in [5, 5.41) is 45.3. The molecule has 4 aromatic rings. The van der Waals surface area contributed by atoms with Crippen molar-refractivity contribution in [2.75, 3.05) is 0 Å². The van der Waals surface area contributed by atoms with Crippen molar-refractivity contribution in [3.05, 3.63) is 113 Å². The molecule has 0 saturated carbocycles. The first-order valence-corrected chi connectivity index (χ1v) is 9.72. The molecule has 9 nitrogen and oxygen atoms in total. The molecular formula is C24H19N5O4. The van der Waals surface area contributed by atoms with Gasteiger partial charge in [-0.25, -0.2) is 0 Å². The Labute approximate surface area is 189 Å². The highest BCUT2D eigenvalue weighted by Crippen LogP contribution is 2.39. The van der Waals surface area contributed by atoms with Crippen molar-refractivity contribution in [3.63, 3.8) is 0 Å². The van der Waals surface area contributed by atoms with Gasteiger partial charge in [-0.05, 0) is 36.4 Å². The van der Waals surface area contributed by atoms with Gasteiger partial charge in [0, 0.05) is 12.1 Å². The van der Waals surface area contributed by atoms with E-state index in [1.807, 2.05) is 66.7 Å². The summed E-state index contributed by atoms with van der Waals surface area (Å²) >= 11 is 0. The number of nitrogens with zero attached hydrogens (tertiary/aromatic N) is 5. The van der Waals surface area contributed by atoms with Crippen LogP contribution in [0.2, 0.25) is 0 Å². The predicted molar refractivity (Wildman–Crippen MR) is 124 cm³/mol. The van der Waals surface area contributed by atoms with Crippen LogP contribution >= 0.6 is 0 Å². The van der Waals surface area contributed by atoms with Gasteiger partial charge in [0.25, 0.3) is 0 Å². The molecule has 0 spiro atoms. The third-order valence-corrected chi connectivity index (χ3v) is 4.07. The van der Waals surface area contributed by atoms with Gasteiger partial charge in [0.2, 0.25) is 11.5 Å². The molecule has 0 unspecified atom stereocenters. The highest BCUT2D eigenvalue weighted by atomic mass is 16.6. The minimum Gasteiger partial charge on any atom is -0.502 e. The van der Waals surface area contributed by atoms with Crippen LogP contribution in [0.4, 0.5) is 28.4 Å². The van der Waals surface area contributed by atoms with Crippen molar-refractivity contribution >= 4 is 28.4 Å². The molecule has 4 aromatic carbocycles. The highest BCUT2D eigenvalue weighted by molar-refractivity contribution is 5.63. The normalized spacial score (nSPS) is 10.7. The van der Waals surface area contributed by atoms with Gasteiger partial charge in [0.1, 0.15) is 0 Å². The van der Waals surface area contributed by atoms with E-state index in [9.17, 15) is 20.3 Å². The summed E-state index contributed by atoms with van der Waals surface area (Å²) < 4.78 is 0. The summed E-state index contributed by atoms with van der Waals surface area (Å²) in [6.45, 7) is 0. The van der Waals surface area contributed by atoms with Gasteiger partial charge in [0.15, 0.2) is 0 Å². The topological polar surface area (TPSA) is 133 Å². The van der Waals surface area contributed by atoms with Crippen LogP contribution in [0.25, 0.3) is 0 Å². The lowest BCUT2D eigenvalue weighted by Gasteiger charge is -2.00. The number of hydrogen-bond donors (Lipinski definition) is 2. The molecule has 9 heteroatoms. The maximum Gasteiger partial charge on any atom is 0.352 e. The van der Waals surface area contributed by atoms with Crippen LogP contribution in [-0.2, 0) is 0 Å². The minimum absolute atomic E-state index is 0.115. The first-order valence-electron chi connectivity index (χ1n) is 9.72. The number of hydrogen-bond acceptors (Lipinski definition) is 8. The Balaban J connectivity index is 0.000000194. The Morgan fingerprint density at radius 1 is 0.545 bits per heavy atom. The molecule has 0 bridgehead atoms. The fraction of sp³-hybridized carbons (Fsp3) is 0. The maximum absolute atomic E-state index is 10.6. The van der Waals surface area contributed by atoms with E-state index in [1.54, 1.807) is 24.3 Å². The van der Waals surface area contributed by atoms with Crippen molar-refractivity contribution in [1.82, 2.24) is 0 Å². The largest absolute Gasteiger partial charge is 0.502 e. The average molecular weight is 441 g/mol. The Hall–Kier alpha value is -4.92. The maximum atomic E-state index is 10.6. The summed E-state index contributed by atoms with van der Waals surface area (Å²) in [5.74, 6) is -1.32. The molecule has 4 rings (SSSR count). The van der Waals surface area contributed by atoms with E-state index < -0.39 is 22.1 Å². The smallest absolute Gasteiger partial charge is 0.352 e. The van der Waals surface area contributed by atoms with Crippen molar-refractivity contribution in [1.29, 1.82) is 0 Å². The molecule has 0 aromatic heterocycles. The van der Waals surface area contributed by atoms with Gasteiger partial charge in [0.05, 0.1) is 27.7 Å². The van der Waals surface area contributed by atoms with Crippen LogP contribution in [0.15, 0.2) is 124 Å². The van der Waals surface area contributed by atoms with Crippen LogP contribution in [0.5, 0.6) is 11.5 Å². The highest BCUT2D eigenvalue weighted by Gasteiger charge is 2.20. The Kier molecular flexibility index (Phi) is 7.91. The number of phenols is 2. The Morgan fingerprint density at radius 3 is 1.15 bits per heavy atom. The van der Waals surface area contributed by atoms with E-state index >= 15 is 0 Å². The third-order valence-electron chi connectivity index (χ3n) is 4.07. The molecule has 0 aliphatic rings. The molecule has 0 saturated heterocycles. The minimum atomic E-state index is -0.872. The van der Waals surface area contributed by atoms with E-state index in [-0.39, 0.29) is 5.69 Å². The number of benzene rings is 4. The first kappa shape index (κ1) is 22.8. The van der Waals surface area contributed by atoms with E-state index in [4.69, 9.17) is 0 Å². The number of nitro groups is 1. The number of azo groups is 2. The van der Waals surface area contributed by atoms with Crippen LogP contribution in [0.1, 0.15) is 0 Å². The van der Waals surface area contributed by atoms with E-state index in [2.05, 4.69) is 20.5 Å². The van der Waals surface area contributed by atoms with Gasteiger partial charge in [-0.1, -0.05) is 54.6 Å². The summed E-state index contributed by atoms with van der Waals surface area (Å²) in [7, 11) is 0. The first-order chi connectivity index (χ1) is 16.0. The van der Waals surface area contributed by atoms with Crippen LogP contribution in [0, 0.1) is 10.1 Å². The number of phenolic OH excluding ortho intramolecular Hbond substituents is 2. The molecule has 0 aliphatic heterocycles. The molecule has 0 heterocycles. The van der Waals surface area contributed by atoms with Gasteiger partial charge < -0.3 is 10.2 Å². The number of aromatic hydroxyl groups is 2. The number of rotatable bonds is 5. The van der Waals surface area contributed by atoms with Crippen molar-refractivity contribution < 1.29 is 15.1 Å². The van der Waals surface area contributed by atoms with Crippen LogP contribution < -0.4 is 0 Å². The zero-order valence-electron chi connectivity index (χ0n) is 17.3. The van der Waals surface area contributed by atoms with Crippen molar-refractivity contribution in [2.24, 2.45) is 20.5 Å². The molecule has 33 heavy (non-hydrogen) atoms. The lowest BCUT2D eigenvalue weighted by molar-refractivity contribution is -0.386. The Bertz CT molecular complexity index is 1180. The van der Waals surface area contributed by atoms with Crippen molar-refractivity contribution in [3.8, 4) is 11.5 Å². The standard InChI is InChI=1S/C12H9N3O4.C12H10N2/c16-10-6-9(7-11(17)12(10)15(18)19)14-13-8-4-2-1-3-5-8;1-3-7-11(8-4-1)13-14-12-9-5-2-6-10-12/h1-7,16-17H;1-10H. The van der Waals surface area contributed by atoms with Gasteiger partial charge in [-0.3, -0.25) is 10.1 Å². The summed E-state index contributed by atoms with van der Waals surface area (Å²) in [4.78, 5) is 9.69. The Morgan fingerprint density at radius 2 is 0.848 bits per heavy atom. The fourth-order valence-electron chi connectivity index (χ4n) is 2.55.